The molecule has 0 bridgehead atoms. The van der Waals surface area contributed by atoms with Crippen molar-refractivity contribution in [2.75, 3.05) is 6.54 Å². The van der Waals surface area contributed by atoms with Gasteiger partial charge in [-0.3, -0.25) is 14.4 Å². The van der Waals surface area contributed by atoms with Gasteiger partial charge in [0.15, 0.2) is 0 Å². The Balaban J connectivity index is 1.96. The maximum absolute atomic E-state index is 12.3. The fraction of sp³-hybridized carbons (Fsp3) is 0.733. The van der Waals surface area contributed by atoms with Gasteiger partial charge in [0.25, 0.3) is 0 Å². The predicted octanol–water partition coefficient (Wildman–Crippen LogP) is -0.691. The first-order chi connectivity index (χ1) is 11.4. The molecule has 134 valence electrons. The average molecular weight is 340 g/mol. The molecule has 0 aromatic carbocycles. The number of carboxylic acid groups (broad SMARTS) is 1. The van der Waals surface area contributed by atoms with Gasteiger partial charge in [-0.2, -0.15) is 0 Å². The highest BCUT2D eigenvalue weighted by Crippen LogP contribution is 2.33. The lowest BCUT2D eigenvalue weighted by Crippen LogP contribution is -2.54. The Morgan fingerprint density at radius 3 is 2.42 bits per heavy atom. The van der Waals surface area contributed by atoms with E-state index in [4.69, 9.17) is 10.8 Å². The third kappa shape index (κ3) is 5.39. The predicted molar refractivity (Wildman–Crippen MR) is 83.8 cm³/mol. The molecule has 1 heterocycles. The number of amides is 4. The third-order valence-corrected chi connectivity index (χ3v) is 4.46. The van der Waals surface area contributed by atoms with E-state index in [2.05, 4.69) is 16.0 Å². The molecule has 1 saturated heterocycles. The van der Waals surface area contributed by atoms with Gasteiger partial charge in [0.2, 0.25) is 17.7 Å². The molecule has 24 heavy (non-hydrogen) atoms. The molecule has 1 aliphatic carbocycles. The van der Waals surface area contributed by atoms with Crippen LogP contribution in [0.5, 0.6) is 0 Å². The number of primary amides is 1. The quantitative estimate of drug-likeness (QED) is 0.396. The van der Waals surface area contributed by atoms with Gasteiger partial charge < -0.3 is 26.8 Å². The topological polar surface area (TPSA) is 151 Å². The van der Waals surface area contributed by atoms with Crippen LogP contribution in [0.4, 0.5) is 4.79 Å². The summed E-state index contributed by atoms with van der Waals surface area (Å²) in [5.41, 5.74) is 5.34. The monoisotopic (exact) mass is 340 g/mol. The van der Waals surface area contributed by atoms with Crippen LogP contribution in [0.15, 0.2) is 0 Å². The molecular formula is C15H24N4O5. The van der Waals surface area contributed by atoms with Crippen molar-refractivity contribution in [2.24, 2.45) is 17.6 Å². The van der Waals surface area contributed by atoms with Crippen LogP contribution >= 0.6 is 0 Å². The Kier molecular flexibility index (Phi) is 5.99. The van der Waals surface area contributed by atoms with Gasteiger partial charge in [-0.05, 0) is 31.6 Å². The number of hydrogen-bond donors (Lipinski definition) is 5. The van der Waals surface area contributed by atoms with Crippen LogP contribution in [0.2, 0.25) is 0 Å². The summed E-state index contributed by atoms with van der Waals surface area (Å²) >= 11 is 0. The number of nitrogens with one attached hydrogen (secondary N) is 3. The number of carbonyl (C=O) groups is 4. The average Bonchev–Trinajstić information content (AvgIpc) is 3.31. The van der Waals surface area contributed by atoms with E-state index in [1.807, 2.05) is 0 Å². The summed E-state index contributed by atoms with van der Waals surface area (Å²) in [6, 6.07) is -1.92. The highest BCUT2D eigenvalue weighted by Gasteiger charge is 2.34. The molecule has 2 fully saturated rings. The number of rotatable bonds is 8. The van der Waals surface area contributed by atoms with Crippen molar-refractivity contribution in [3.8, 4) is 0 Å². The van der Waals surface area contributed by atoms with Crippen LogP contribution < -0.4 is 21.7 Å². The second-order valence-electron chi connectivity index (χ2n) is 6.51. The van der Waals surface area contributed by atoms with Crippen LogP contribution in [0.1, 0.15) is 38.5 Å². The Bertz CT molecular complexity index is 520. The summed E-state index contributed by atoms with van der Waals surface area (Å²) in [6.45, 7) is 0.606. The maximum atomic E-state index is 12.3. The molecule has 4 amide bonds. The summed E-state index contributed by atoms with van der Waals surface area (Å²) < 4.78 is 0. The molecule has 6 N–H and O–H groups in total. The van der Waals surface area contributed by atoms with Crippen molar-refractivity contribution in [1.82, 2.24) is 16.0 Å². The van der Waals surface area contributed by atoms with E-state index in [-0.39, 0.29) is 18.2 Å². The van der Waals surface area contributed by atoms with Gasteiger partial charge in [0.05, 0.1) is 0 Å². The third-order valence-electron chi connectivity index (χ3n) is 4.46. The van der Waals surface area contributed by atoms with Gasteiger partial charge in [0, 0.05) is 12.5 Å². The molecule has 1 saturated carbocycles. The van der Waals surface area contributed by atoms with Crippen molar-refractivity contribution < 1.29 is 24.3 Å². The molecule has 0 radical (unpaired) electrons. The lowest BCUT2D eigenvalue weighted by Gasteiger charge is -2.26. The van der Waals surface area contributed by atoms with E-state index < -0.39 is 30.0 Å². The smallest absolute Gasteiger partial charge is 0.405 e. The summed E-state index contributed by atoms with van der Waals surface area (Å²) in [7, 11) is 0. The Hall–Kier alpha value is -2.32. The zero-order chi connectivity index (χ0) is 17.7. The molecule has 9 nitrogen and oxygen atoms in total. The first-order valence-corrected chi connectivity index (χ1v) is 8.23. The highest BCUT2D eigenvalue weighted by molar-refractivity contribution is 5.91. The minimum absolute atomic E-state index is 0.121. The zero-order valence-corrected chi connectivity index (χ0v) is 13.4. The maximum Gasteiger partial charge on any atom is 0.405 e. The van der Waals surface area contributed by atoms with Crippen LogP contribution in [0.25, 0.3) is 0 Å². The Morgan fingerprint density at radius 1 is 1.17 bits per heavy atom. The second-order valence-corrected chi connectivity index (χ2v) is 6.51. The van der Waals surface area contributed by atoms with Crippen molar-refractivity contribution in [2.45, 2.75) is 50.6 Å². The van der Waals surface area contributed by atoms with Crippen LogP contribution in [-0.2, 0) is 14.4 Å². The van der Waals surface area contributed by atoms with E-state index in [1.165, 1.54) is 0 Å². The molecular weight excluding hydrogens is 316 g/mol. The van der Waals surface area contributed by atoms with Crippen molar-refractivity contribution in [1.29, 1.82) is 0 Å². The summed E-state index contributed by atoms with van der Waals surface area (Å²) in [5, 5.41) is 16.3. The molecule has 0 aromatic heterocycles. The first-order valence-electron chi connectivity index (χ1n) is 8.23. The summed E-state index contributed by atoms with van der Waals surface area (Å²) in [6.07, 6.45) is 2.59. The SMILES string of the molecule is NC(=O)C(CC1CCCNC1=O)NC(=O)C(CC1CC1)NC(=O)O. The van der Waals surface area contributed by atoms with E-state index >= 15 is 0 Å². The van der Waals surface area contributed by atoms with Gasteiger partial charge in [-0.1, -0.05) is 12.8 Å². The van der Waals surface area contributed by atoms with E-state index in [1.54, 1.807) is 0 Å². The number of nitrogens with two attached hydrogens (primary N) is 1. The Labute approximate surface area is 139 Å². The molecule has 0 spiro atoms. The van der Waals surface area contributed by atoms with Gasteiger partial charge in [-0.25, -0.2) is 4.79 Å². The normalized spacial score (nSPS) is 22.8. The molecule has 3 unspecified atom stereocenters. The molecule has 9 heteroatoms. The standard InChI is InChI=1S/C15H24N4O5/c16-12(20)10(7-9-2-1-5-17-13(9)21)18-14(22)11(19-15(23)24)6-8-3-4-8/h8-11,19H,1-7H2,(H2,16,20)(H,17,21)(H,18,22)(H,23,24). The lowest BCUT2D eigenvalue weighted by molar-refractivity contribution is -0.131. The van der Waals surface area contributed by atoms with Gasteiger partial charge >= 0.3 is 6.09 Å². The van der Waals surface area contributed by atoms with Crippen LogP contribution in [-0.4, -0.2) is 47.5 Å². The molecule has 2 aliphatic rings. The number of carbonyl (C=O) groups excluding carboxylic acids is 3. The van der Waals surface area contributed by atoms with Crippen molar-refractivity contribution in [3.63, 3.8) is 0 Å². The van der Waals surface area contributed by atoms with E-state index in [9.17, 15) is 19.2 Å². The minimum atomic E-state index is -1.29. The number of piperidine rings is 1. The fourth-order valence-electron chi connectivity index (χ4n) is 2.93. The van der Waals surface area contributed by atoms with Crippen LogP contribution in [0.3, 0.4) is 0 Å². The van der Waals surface area contributed by atoms with Crippen molar-refractivity contribution >= 4 is 23.8 Å². The first kappa shape index (κ1) is 18.0. The minimum Gasteiger partial charge on any atom is -0.465 e. The summed E-state index contributed by atoms with van der Waals surface area (Å²) in [4.78, 5) is 46.6. The van der Waals surface area contributed by atoms with Crippen LogP contribution in [0, 0.1) is 11.8 Å². The highest BCUT2D eigenvalue weighted by atomic mass is 16.4. The van der Waals surface area contributed by atoms with E-state index in [0.717, 1.165) is 19.3 Å². The lowest BCUT2D eigenvalue weighted by atomic mass is 9.91. The van der Waals surface area contributed by atoms with E-state index in [0.29, 0.717) is 25.3 Å². The zero-order valence-electron chi connectivity index (χ0n) is 13.4. The molecule has 1 aliphatic heterocycles. The van der Waals surface area contributed by atoms with Gasteiger partial charge in [-0.15, -0.1) is 0 Å². The van der Waals surface area contributed by atoms with Crippen molar-refractivity contribution in [3.05, 3.63) is 0 Å². The molecule has 2 rings (SSSR count). The Morgan fingerprint density at radius 2 is 1.88 bits per heavy atom. The number of hydrogen-bond acceptors (Lipinski definition) is 4. The summed E-state index contributed by atoms with van der Waals surface area (Å²) in [5.74, 6) is -1.53. The fourth-order valence-corrected chi connectivity index (χ4v) is 2.93. The largest absolute Gasteiger partial charge is 0.465 e. The molecule has 3 atom stereocenters. The van der Waals surface area contributed by atoms with Gasteiger partial charge in [0.1, 0.15) is 12.1 Å². The second kappa shape index (κ2) is 7.98. The molecule has 0 aromatic rings.